The molecule has 5 rings (SSSR count). The zero-order chi connectivity index (χ0) is 17.0. The summed E-state index contributed by atoms with van der Waals surface area (Å²) in [4.78, 5) is 11.9. The van der Waals surface area contributed by atoms with Gasteiger partial charge in [-0.2, -0.15) is 0 Å². The Morgan fingerprint density at radius 3 is 2.20 bits per heavy atom. The molecule has 1 aliphatic carbocycles. The lowest BCUT2D eigenvalue weighted by Crippen LogP contribution is -2.78. The van der Waals surface area contributed by atoms with E-state index < -0.39 is 5.54 Å². The highest BCUT2D eigenvalue weighted by Crippen LogP contribution is 2.42. The molecule has 2 nitrogen and oxygen atoms in total. The monoisotopic (exact) mass is 324 g/mol. The van der Waals surface area contributed by atoms with E-state index in [9.17, 15) is 4.91 Å². The molecule has 0 amide bonds. The number of fused-ring (bicyclic) bond motifs is 7. The smallest absolute Gasteiger partial charge is 0.0765 e. The second-order valence-corrected chi connectivity index (χ2v) is 7.12. The molecule has 0 fully saturated rings. The van der Waals surface area contributed by atoms with E-state index in [-0.39, 0.29) is 0 Å². The van der Waals surface area contributed by atoms with Crippen molar-refractivity contribution in [3.63, 3.8) is 0 Å². The van der Waals surface area contributed by atoms with E-state index in [4.69, 9.17) is 0 Å². The van der Waals surface area contributed by atoms with Crippen molar-refractivity contribution in [2.75, 3.05) is 0 Å². The summed E-state index contributed by atoms with van der Waals surface area (Å²) in [7, 11) is 0. The molecule has 4 aromatic rings. The van der Waals surface area contributed by atoms with Crippen molar-refractivity contribution >= 4 is 38.4 Å². The van der Waals surface area contributed by atoms with Crippen molar-refractivity contribution in [2.24, 2.45) is 0 Å². The minimum absolute atomic E-state index is 0.594. The fourth-order valence-electron chi connectivity index (χ4n) is 4.28. The Balaban J connectivity index is 2.09. The van der Waals surface area contributed by atoms with Crippen LogP contribution in [0.5, 0.6) is 0 Å². The van der Waals surface area contributed by atoms with Gasteiger partial charge in [0.2, 0.25) is 5.54 Å². The normalized spacial score (nSPS) is 19.4. The summed E-state index contributed by atoms with van der Waals surface area (Å²) in [6.45, 7) is 2.00. The van der Waals surface area contributed by atoms with Gasteiger partial charge >= 0.3 is 0 Å². The standard InChI is InChI=1S/C23H17NO/c1-23(24-25)12-6-11-19-21-14-16-8-3-2-7-15(16)13-20(21)17-9-4-5-10-18(17)22(19)23/h2-11,13-14H,12H2,1H3/p+1. The Morgan fingerprint density at radius 2 is 1.48 bits per heavy atom. The SMILES string of the molecule is CC1([NH+]=O)CC=Cc2c1c1ccccc1c1cc3ccccc3cc21. The third-order valence-corrected chi connectivity index (χ3v) is 5.52. The largest absolute Gasteiger partial charge is 0.234 e. The van der Waals surface area contributed by atoms with Crippen molar-refractivity contribution in [1.82, 2.24) is 0 Å². The molecule has 2 heteroatoms. The molecule has 25 heavy (non-hydrogen) atoms. The lowest BCUT2D eigenvalue weighted by molar-refractivity contribution is -0.578. The van der Waals surface area contributed by atoms with Crippen LogP contribution >= 0.6 is 0 Å². The first-order chi connectivity index (χ1) is 12.2. The van der Waals surface area contributed by atoms with Crippen LogP contribution in [-0.4, -0.2) is 0 Å². The summed E-state index contributed by atoms with van der Waals surface area (Å²) >= 11 is 0. The molecular formula is C23H18NO+. The van der Waals surface area contributed by atoms with E-state index in [0.717, 1.165) is 16.5 Å². The van der Waals surface area contributed by atoms with Gasteiger partial charge in [0.15, 0.2) is 0 Å². The number of rotatable bonds is 1. The first-order valence-corrected chi connectivity index (χ1v) is 8.65. The van der Waals surface area contributed by atoms with Gasteiger partial charge in [0.25, 0.3) is 0 Å². The van der Waals surface area contributed by atoms with Crippen LogP contribution in [0.3, 0.4) is 0 Å². The maximum Gasteiger partial charge on any atom is 0.234 e. The minimum Gasteiger partial charge on any atom is -0.0765 e. The fourth-order valence-corrected chi connectivity index (χ4v) is 4.28. The maximum absolute atomic E-state index is 11.9. The summed E-state index contributed by atoms with van der Waals surface area (Å²) in [6.07, 6.45) is 4.99. The van der Waals surface area contributed by atoms with E-state index in [1.807, 2.05) is 6.92 Å². The van der Waals surface area contributed by atoms with Gasteiger partial charge in [-0.3, -0.25) is 0 Å². The molecule has 0 spiro atoms. The predicted octanol–water partition coefficient (Wildman–Crippen LogP) is 4.63. The Morgan fingerprint density at radius 1 is 0.840 bits per heavy atom. The molecule has 120 valence electrons. The molecule has 0 aliphatic heterocycles. The van der Waals surface area contributed by atoms with Crippen LogP contribution in [0.2, 0.25) is 0 Å². The molecule has 1 N–H and O–H groups in total. The number of nitroso groups, excluding NO2 is 1. The first kappa shape index (κ1) is 14.4. The third-order valence-electron chi connectivity index (χ3n) is 5.52. The molecule has 0 radical (unpaired) electrons. The second kappa shape index (κ2) is 5.00. The van der Waals surface area contributed by atoms with Crippen LogP contribution in [0.4, 0.5) is 0 Å². The highest BCUT2D eigenvalue weighted by molar-refractivity contribution is 6.16. The quantitative estimate of drug-likeness (QED) is 0.402. The summed E-state index contributed by atoms with van der Waals surface area (Å²) in [5.41, 5.74) is 1.68. The molecule has 1 unspecified atom stereocenters. The van der Waals surface area contributed by atoms with Crippen molar-refractivity contribution in [1.29, 1.82) is 0 Å². The minimum atomic E-state index is -0.594. The fraction of sp³-hybridized carbons (Fsp3) is 0.130. The van der Waals surface area contributed by atoms with Gasteiger partial charge in [-0.25, -0.2) is 0 Å². The second-order valence-electron chi connectivity index (χ2n) is 7.12. The Bertz CT molecular complexity index is 1210. The predicted molar refractivity (Wildman–Crippen MR) is 104 cm³/mol. The zero-order valence-electron chi connectivity index (χ0n) is 14.0. The number of benzene rings is 4. The molecule has 0 saturated carbocycles. The molecule has 0 heterocycles. The Kier molecular flexibility index (Phi) is 2.87. The first-order valence-electron chi connectivity index (χ1n) is 8.65. The van der Waals surface area contributed by atoms with Crippen molar-refractivity contribution in [3.8, 4) is 0 Å². The highest BCUT2D eigenvalue weighted by Gasteiger charge is 2.39. The van der Waals surface area contributed by atoms with Gasteiger partial charge in [-0.05, 0) is 55.2 Å². The highest BCUT2D eigenvalue weighted by atomic mass is 16.3. The van der Waals surface area contributed by atoms with Crippen molar-refractivity contribution in [3.05, 3.63) is 82.8 Å². The molecule has 1 atom stereocenters. The van der Waals surface area contributed by atoms with Gasteiger partial charge in [-0.1, -0.05) is 60.7 Å². The average Bonchev–Trinajstić information content (AvgIpc) is 2.67. The van der Waals surface area contributed by atoms with Crippen LogP contribution in [0.25, 0.3) is 38.4 Å². The summed E-state index contributed by atoms with van der Waals surface area (Å²) in [5.74, 6) is 0. The van der Waals surface area contributed by atoms with E-state index >= 15 is 0 Å². The van der Waals surface area contributed by atoms with Gasteiger partial charge < -0.3 is 0 Å². The topological polar surface area (TPSA) is 31.0 Å². The van der Waals surface area contributed by atoms with Gasteiger partial charge in [0, 0.05) is 23.8 Å². The van der Waals surface area contributed by atoms with Crippen LogP contribution in [0.1, 0.15) is 24.5 Å². The van der Waals surface area contributed by atoms with Crippen molar-refractivity contribution < 1.29 is 5.18 Å². The average molecular weight is 324 g/mol. The van der Waals surface area contributed by atoms with Crippen LogP contribution in [0.15, 0.2) is 66.7 Å². The molecule has 0 saturated heterocycles. The summed E-state index contributed by atoms with van der Waals surface area (Å²) in [6, 6.07) is 21.4. The van der Waals surface area contributed by atoms with E-state index in [0.29, 0.717) is 6.42 Å². The third kappa shape index (κ3) is 1.91. The van der Waals surface area contributed by atoms with E-state index in [1.54, 1.807) is 0 Å². The zero-order valence-corrected chi connectivity index (χ0v) is 14.0. The van der Waals surface area contributed by atoms with E-state index in [2.05, 4.69) is 78.0 Å². The van der Waals surface area contributed by atoms with Gasteiger partial charge in [0.05, 0.1) is 0 Å². The van der Waals surface area contributed by atoms with Gasteiger partial charge in [-0.15, -0.1) is 0 Å². The van der Waals surface area contributed by atoms with Crippen molar-refractivity contribution in [2.45, 2.75) is 18.9 Å². The van der Waals surface area contributed by atoms with Crippen LogP contribution < -0.4 is 5.18 Å². The Labute approximate surface area is 145 Å². The maximum atomic E-state index is 11.9. The number of hydrogen-bond donors (Lipinski definition) is 1. The van der Waals surface area contributed by atoms with Crippen LogP contribution in [0, 0.1) is 4.91 Å². The number of hydrogen-bond acceptors (Lipinski definition) is 1. The molecular weight excluding hydrogens is 306 g/mol. The molecule has 1 aliphatic rings. The van der Waals surface area contributed by atoms with E-state index in [1.165, 1.54) is 26.9 Å². The molecule has 0 aromatic heterocycles. The lowest BCUT2D eigenvalue weighted by Gasteiger charge is -2.25. The molecule has 0 bridgehead atoms. The Hall–Kier alpha value is -3.00. The van der Waals surface area contributed by atoms with Gasteiger partial charge in [0.1, 0.15) is 0 Å². The molecule has 4 aromatic carbocycles. The summed E-state index contributed by atoms with van der Waals surface area (Å²) in [5, 5.41) is 9.62. The number of nitrogens with one attached hydrogen (secondary N) is 1. The van der Waals surface area contributed by atoms with Crippen LogP contribution in [-0.2, 0) is 5.54 Å². The lowest BCUT2D eigenvalue weighted by atomic mass is 9.77. The summed E-state index contributed by atoms with van der Waals surface area (Å²) < 4.78 is 0.